The molecule has 0 saturated carbocycles. The van der Waals surface area contributed by atoms with Crippen LogP contribution in [0.25, 0.3) is 0 Å². The lowest BCUT2D eigenvalue weighted by Gasteiger charge is -2.09. The Bertz CT molecular complexity index is 902. The number of benzene rings is 2. The summed E-state index contributed by atoms with van der Waals surface area (Å²) in [7, 11) is 0. The summed E-state index contributed by atoms with van der Waals surface area (Å²) < 4.78 is 3.18. The van der Waals surface area contributed by atoms with Crippen LogP contribution in [0, 0.1) is 0 Å². The summed E-state index contributed by atoms with van der Waals surface area (Å²) in [5.41, 5.74) is 2.34. The summed E-state index contributed by atoms with van der Waals surface area (Å²) in [6.07, 6.45) is 4.90. The van der Waals surface area contributed by atoms with Gasteiger partial charge in [0.2, 0.25) is 0 Å². The van der Waals surface area contributed by atoms with E-state index in [0.29, 0.717) is 5.56 Å². The molecule has 5 nitrogen and oxygen atoms in total. The van der Waals surface area contributed by atoms with Crippen molar-refractivity contribution in [3.63, 3.8) is 0 Å². The monoisotopic (exact) mass is 352 g/mol. The number of nitrogens with zero attached hydrogens (tertiary/aromatic N) is 2. The number of carbonyl (C=O) groups is 1. The van der Waals surface area contributed by atoms with Crippen LogP contribution in [0.2, 0.25) is 0 Å². The summed E-state index contributed by atoms with van der Waals surface area (Å²) >= 11 is 3.04. The minimum atomic E-state index is -0.0802. The highest BCUT2D eigenvalue weighted by Crippen LogP contribution is 2.40. The fraction of sp³-hybridized carbons (Fsp3) is 0. The third kappa shape index (κ3) is 3.08. The third-order valence-electron chi connectivity index (χ3n) is 3.40. The van der Waals surface area contributed by atoms with Crippen molar-refractivity contribution >= 4 is 41.0 Å². The number of nitrogens with one attached hydrogen (secondary N) is 2. The Kier molecular flexibility index (Phi) is 4.10. The molecule has 2 heterocycles. The van der Waals surface area contributed by atoms with E-state index in [9.17, 15) is 4.79 Å². The maximum atomic E-state index is 12.4. The molecule has 1 aliphatic heterocycles. The number of carbonyl (C=O) groups excluding carboxylic acids is 1. The molecule has 0 unspecified atom stereocenters. The number of amides is 1. The minimum Gasteiger partial charge on any atom is -0.323 e. The predicted octanol–water partition coefficient (Wildman–Crippen LogP) is 4.31. The molecule has 0 aliphatic carbocycles. The Morgan fingerprint density at radius 2 is 1.88 bits per heavy atom. The van der Waals surface area contributed by atoms with E-state index in [1.165, 1.54) is 18.3 Å². The van der Waals surface area contributed by atoms with Gasteiger partial charge in [0, 0.05) is 14.7 Å². The summed E-state index contributed by atoms with van der Waals surface area (Å²) in [5, 5.41) is 2.99. The van der Waals surface area contributed by atoms with Crippen molar-refractivity contribution in [1.29, 1.82) is 0 Å². The predicted molar refractivity (Wildman–Crippen MR) is 96.5 cm³/mol. The van der Waals surface area contributed by atoms with Gasteiger partial charge in [-0.15, -0.1) is 0 Å². The Balaban J connectivity index is 1.58. The van der Waals surface area contributed by atoms with Crippen molar-refractivity contribution in [1.82, 2.24) is 9.97 Å². The lowest BCUT2D eigenvalue weighted by molar-refractivity contribution is 0.102. The van der Waals surface area contributed by atoms with E-state index in [-0.39, 0.29) is 5.91 Å². The fourth-order valence-corrected chi connectivity index (χ4v) is 3.94. The van der Waals surface area contributed by atoms with E-state index in [2.05, 4.69) is 20.0 Å². The van der Waals surface area contributed by atoms with E-state index in [1.54, 1.807) is 24.2 Å². The van der Waals surface area contributed by atoms with E-state index in [0.717, 1.165) is 26.1 Å². The maximum absolute atomic E-state index is 12.4. The molecule has 1 aromatic heterocycles. The maximum Gasteiger partial charge on any atom is 0.256 e. The SMILES string of the molecule is O=C1Nc2cc(SNc3cncnc3)ccc2Sc2ccccc21. The first-order valence-electron chi connectivity index (χ1n) is 7.20. The molecule has 24 heavy (non-hydrogen) atoms. The second-order valence-corrected chi connectivity index (χ2v) is 7.01. The zero-order chi connectivity index (χ0) is 16.4. The molecule has 4 rings (SSSR count). The van der Waals surface area contributed by atoms with Gasteiger partial charge in [0.15, 0.2) is 0 Å². The molecular weight excluding hydrogens is 340 g/mol. The number of rotatable bonds is 3. The van der Waals surface area contributed by atoms with Crippen LogP contribution in [0.4, 0.5) is 11.4 Å². The molecule has 1 aliphatic rings. The van der Waals surface area contributed by atoms with Crippen molar-refractivity contribution in [2.45, 2.75) is 14.7 Å². The van der Waals surface area contributed by atoms with Crippen LogP contribution in [0.15, 0.2) is 75.9 Å². The highest BCUT2D eigenvalue weighted by Gasteiger charge is 2.19. The van der Waals surface area contributed by atoms with Crippen molar-refractivity contribution < 1.29 is 4.79 Å². The van der Waals surface area contributed by atoms with Gasteiger partial charge in [-0.1, -0.05) is 23.9 Å². The molecule has 3 aromatic rings. The van der Waals surface area contributed by atoms with Gasteiger partial charge in [-0.05, 0) is 42.3 Å². The van der Waals surface area contributed by atoms with Crippen LogP contribution < -0.4 is 10.0 Å². The summed E-state index contributed by atoms with van der Waals surface area (Å²) in [6.45, 7) is 0. The van der Waals surface area contributed by atoms with Crippen LogP contribution in [-0.2, 0) is 0 Å². The smallest absolute Gasteiger partial charge is 0.256 e. The molecule has 7 heteroatoms. The van der Waals surface area contributed by atoms with E-state index in [1.807, 2.05) is 42.5 Å². The number of aromatic nitrogens is 2. The normalized spacial score (nSPS) is 12.6. The molecule has 0 atom stereocenters. The first-order valence-corrected chi connectivity index (χ1v) is 8.83. The highest BCUT2D eigenvalue weighted by atomic mass is 32.2. The molecule has 0 fully saturated rings. The van der Waals surface area contributed by atoms with E-state index >= 15 is 0 Å². The molecule has 2 aromatic carbocycles. The summed E-state index contributed by atoms with van der Waals surface area (Å²) in [4.78, 5) is 23.3. The minimum absolute atomic E-state index is 0.0802. The standard InChI is InChI=1S/C17H12N4OS2/c22-17-13-3-1-2-4-15(13)23-16-6-5-12(7-14(16)20-17)24-21-11-8-18-10-19-9-11/h1-10,21H,(H,20,22). The first-order chi connectivity index (χ1) is 11.8. The average Bonchev–Trinajstić information content (AvgIpc) is 2.76. The largest absolute Gasteiger partial charge is 0.323 e. The Morgan fingerprint density at radius 3 is 2.75 bits per heavy atom. The van der Waals surface area contributed by atoms with E-state index < -0.39 is 0 Å². The van der Waals surface area contributed by atoms with Crippen molar-refractivity contribution in [2.75, 3.05) is 10.0 Å². The molecule has 1 amide bonds. The molecule has 2 N–H and O–H groups in total. The van der Waals surface area contributed by atoms with Gasteiger partial charge >= 0.3 is 0 Å². The third-order valence-corrected chi connectivity index (χ3v) is 5.38. The van der Waals surface area contributed by atoms with Gasteiger partial charge in [-0.25, -0.2) is 9.97 Å². The second-order valence-electron chi connectivity index (χ2n) is 5.04. The van der Waals surface area contributed by atoms with Gasteiger partial charge in [0.05, 0.1) is 29.3 Å². The van der Waals surface area contributed by atoms with Gasteiger partial charge in [-0.2, -0.15) is 0 Å². The van der Waals surface area contributed by atoms with Crippen molar-refractivity contribution in [2.24, 2.45) is 0 Å². The average molecular weight is 352 g/mol. The Labute approximate surface area is 147 Å². The Hall–Kier alpha value is -2.51. The van der Waals surface area contributed by atoms with Crippen LogP contribution in [0.3, 0.4) is 0 Å². The quantitative estimate of drug-likeness (QED) is 0.685. The lowest BCUT2D eigenvalue weighted by atomic mass is 10.2. The van der Waals surface area contributed by atoms with Gasteiger partial charge in [0.1, 0.15) is 6.33 Å². The zero-order valence-corrected chi connectivity index (χ0v) is 14.0. The summed E-state index contributed by atoms with van der Waals surface area (Å²) in [6, 6.07) is 13.6. The van der Waals surface area contributed by atoms with Crippen LogP contribution in [-0.4, -0.2) is 15.9 Å². The lowest BCUT2D eigenvalue weighted by Crippen LogP contribution is -2.11. The van der Waals surface area contributed by atoms with Crippen molar-refractivity contribution in [3.8, 4) is 0 Å². The van der Waals surface area contributed by atoms with Crippen LogP contribution in [0.5, 0.6) is 0 Å². The van der Waals surface area contributed by atoms with Crippen LogP contribution >= 0.6 is 23.7 Å². The van der Waals surface area contributed by atoms with E-state index in [4.69, 9.17) is 0 Å². The molecule has 0 radical (unpaired) electrons. The number of hydrogen-bond donors (Lipinski definition) is 2. The number of hydrogen-bond acceptors (Lipinski definition) is 6. The zero-order valence-electron chi connectivity index (χ0n) is 12.4. The molecule has 0 saturated heterocycles. The fourth-order valence-electron chi connectivity index (χ4n) is 2.28. The summed E-state index contributed by atoms with van der Waals surface area (Å²) in [5.74, 6) is -0.0802. The van der Waals surface area contributed by atoms with Gasteiger partial charge in [0.25, 0.3) is 5.91 Å². The highest BCUT2D eigenvalue weighted by molar-refractivity contribution is 8.00. The topological polar surface area (TPSA) is 66.9 Å². The molecule has 0 spiro atoms. The first kappa shape index (κ1) is 15.0. The van der Waals surface area contributed by atoms with Gasteiger partial charge < -0.3 is 10.0 Å². The van der Waals surface area contributed by atoms with Gasteiger partial charge in [-0.3, -0.25) is 4.79 Å². The van der Waals surface area contributed by atoms with Crippen molar-refractivity contribution in [3.05, 3.63) is 66.7 Å². The second kappa shape index (κ2) is 6.54. The number of anilines is 2. The molecule has 0 bridgehead atoms. The molecular formula is C17H12N4OS2. The molecule has 118 valence electrons. The van der Waals surface area contributed by atoms with Crippen LogP contribution in [0.1, 0.15) is 10.4 Å². The number of fused-ring (bicyclic) bond motifs is 2. The Morgan fingerprint density at radius 1 is 1.04 bits per heavy atom.